The second-order valence-corrected chi connectivity index (χ2v) is 1.22. The SMILES string of the molecule is [C-]#[N+]/C(Cl)=C(\F)C#C. The molecule has 0 amide bonds. The summed E-state index contributed by atoms with van der Waals surface area (Å²) in [7, 11) is 0. The molecular weight excluding hydrogens is 129 g/mol. The molecule has 8 heavy (non-hydrogen) atoms. The monoisotopic (exact) mass is 129 g/mol. The minimum atomic E-state index is -1.01. The molecule has 3 heteroatoms. The van der Waals surface area contributed by atoms with Gasteiger partial charge in [-0.2, -0.15) is 0 Å². The van der Waals surface area contributed by atoms with Crippen molar-refractivity contribution >= 4 is 11.6 Å². The molecule has 1 nitrogen and oxygen atoms in total. The highest BCUT2D eigenvalue weighted by Gasteiger charge is 1.95. The number of halogens is 2. The molecule has 0 heterocycles. The van der Waals surface area contributed by atoms with E-state index in [9.17, 15) is 4.39 Å². The van der Waals surface area contributed by atoms with Crippen LogP contribution in [0.4, 0.5) is 4.39 Å². The Morgan fingerprint density at radius 2 is 2.38 bits per heavy atom. The molecule has 0 saturated carbocycles. The van der Waals surface area contributed by atoms with Gasteiger partial charge in [0.1, 0.15) is 0 Å². The minimum Gasteiger partial charge on any atom is -0.221 e. The van der Waals surface area contributed by atoms with Crippen molar-refractivity contribution in [1.82, 2.24) is 0 Å². The molecule has 0 fully saturated rings. The zero-order valence-electron chi connectivity index (χ0n) is 3.78. The lowest BCUT2D eigenvalue weighted by molar-refractivity contribution is 0.673. The molecule has 0 bridgehead atoms. The number of allylic oxidation sites excluding steroid dienone is 1. The smallest absolute Gasteiger partial charge is 0.221 e. The Labute approximate surface area is 51.6 Å². The Kier molecular flexibility index (Phi) is 2.69. The van der Waals surface area contributed by atoms with Gasteiger partial charge in [0, 0.05) is 0 Å². The maximum Gasteiger partial charge on any atom is 0.295 e. The van der Waals surface area contributed by atoms with Gasteiger partial charge in [0.05, 0.1) is 6.57 Å². The lowest BCUT2D eigenvalue weighted by atomic mass is 10.6. The summed E-state index contributed by atoms with van der Waals surface area (Å²) in [5, 5.41) is -0.590. The summed E-state index contributed by atoms with van der Waals surface area (Å²) in [6.07, 6.45) is 4.54. The van der Waals surface area contributed by atoms with Crippen LogP contribution in [0.2, 0.25) is 0 Å². The largest absolute Gasteiger partial charge is 0.295 e. The second kappa shape index (κ2) is 3.07. The zero-order valence-corrected chi connectivity index (χ0v) is 4.54. The van der Waals surface area contributed by atoms with E-state index in [1.54, 1.807) is 5.92 Å². The first-order chi connectivity index (χ1) is 3.72. The molecule has 0 aromatic heterocycles. The van der Waals surface area contributed by atoms with Crippen molar-refractivity contribution in [3.8, 4) is 12.3 Å². The third kappa shape index (κ3) is 1.64. The molecule has 0 aliphatic carbocycles. The van der Waals surface area contributed by atoms with Gasteiger partial charge in [-0.3, -0.25) is 0 Å². The third-order valence-electron chi connectivity index (χ3n) is 0.406. The van der Waals surface area contributed by atoms with Gasteiger partial charge in [0.25, 0.3) is 5.16 Å². The fraction of sp³-hybridized carbons (Fsp3) is 0. The van der Waals surface area contributed by atoms with E-state index >= 15 is 0 Å². The highest BCUT2D eigenvalue weighted by molar-refractivity contribution is 6.31. The minimum absolute atomic E-state index is 0.590. The lowest BCUT2D eigenvalue weighted by Crippen LogP contribution is -1.65. The van der Waals surface area contributed by atoms with Crippen molar-refractivity contribution in [2.45, 2.75) is 0 Å². The molecule has 0 aromatic rings. The van der Waals surface area contributed by atoms with Crippen LogP contribution in [-0.2, 0) is 0 Å². The van der Waals surface area contributed by atoms with Gasteiger partial charge >= 0.3 is 0 Å². The van der Waals surface area contributed by atoms with Gasteiger partial charge in [-0.1, -0.05) is 5.92 Å². The van der Waals surface area contributed by atoms with Crippen molar-refractivity contribution in [3.63, 3.8) is 0 Å². The lowest BCUT2D eigenvalue weighted by Gasteiger charge is -1.77. The molecule has 40 valence electrons. The molecule has 0 spiro atoms. The van der Waals surface area contributed by atoms with E-state index in [1.165, 1.54) is 0 Å². The van der Waals surface area contributed by atoms with Crippen LogP contribution >= 0.6 is 11.6 Å². The van der Waals surface area contributed by atoms with Gasteiger partial charge in [0.15, 0.2) is 5.83 Å². The molecule has 0 N–H and O–H groups in total. The van der Waals surface area contributed by atoms with E-state index in [0.29, 0.717) is 0 Å². The first-order valence-electron chi connectivity index (χ1n) is 1.61. The first-order valence-corrected chi connectivity index (χ1v) is 1.99. The van der Waals surface area contributed by atoms with Crippen molar-refractivity contribution in [1.29, 1.82) is 0 Å². The summed E-state index contributed by atoms with van der Waals surface area (Å²) in [4.78, 5) is 2.54. The Balaban J connectivity index is 4.41. The fourth-order valence-electron chi connectivity index (χ4n) is 0.109. The molecule has 0 aromatic carbocycles. The van der Waals surface area contributed by atoms with Crippen LogP contribution in [0, 0.1) is 18.9 Å². The summed E-state index contributed by atoms with van der Waals surface area (Å²) in [6, 6.07) is 0. The average Bonchev–Trinajstić information content (AvgIpc) is 1.84. The zero-order chi connectivity index (χ0) is 6.57. The Bertz CT molecular complexity index is 171. The summed E-state index contributed by atoms with van der Waals surface area (Å²) in [5.41, 5.74) is 0. The number of rotatable bonds is 0. The molecule has 0 saturated heterocycles. The number of terminal acetylenes is 1. The Morgan fingerprint density at radius 3 is 2.50 bits per heavy atom. The van der Waals surface area contributed by atoms with Crippen molar-refractivity contribution in [3.05, 3.63) is 22.4 Å². The number of hydrogen-bond donors (Lipinski definition) is 0. The summed E-state index contributed by atoms with van der Waals surface area (Å²) >= 11 is 4.92. The molecule has 0 atom stereocenters. The number of hydrogen-bond acceptors (Lipinski definition) is 0. The fourth-order valence-corrected chi connectivity index (χ4v) is 0.163. The normalized spacial score (nSPS) is 11.0. The van der Waals surface area contributed by atoms with Gasteiger partial charge in [-0.25, -0.2) is 9.24 Å². The van der Waals surface area contributed by atoms with Gasteiger partial charge in [0.2, 0.25) is 0 Å². The Morgan fingerprint density at radius 1 is 1.88 bits per heavy atom. The van der Waals surface area contributed by atoms with E-state index in [1.807, 2.05) is 0 Å². The van der Waals surface area contributed by atoms with Crippen molar-refractivity contribution in [2.75, 3.05) is 0 Å². The molecule has 0 aliphatic rings. The van der Waals surface area contributed by atoms with Crippen LogP contribution in [0.1, 0.15) is 0 Å². The highest BCUT2D eigenvalue weighted by Crippen LogP contribution is 2.09. The van der Waals surface area contributed by atoms with E-state index < -0.39 is 11.0 Å². The van der Waals surface area contributed by atoms with Crippen LogP contribution in [0.5, 0.6) is 0 Å². The van der Waals surface area contributed by atoms with Gasteiger partial charge in [-0.15, -0.1) is 18.0 Å². The van der Waals surface area contributed by atoms with Crippen LogP contribution < -0.4 is 0 Å². The summed E-state index contributed by atoms with van der Waals surface area (Å²) in [5.74, 6) is 0.571. The van der Waals surface area contributed by atoms with Crippen LogP contribution in [-0.4, -0.2) is 0 Å². The molecule has 0 rings (SSSR count). The molecule has 0 radical (unpaired) electrons. The second-order valence-electron chi connectivity index (χ2n) is 0.861. The third-order valence-corrected chi connectivity index (χ3v) is 0.656. The van der Waals surface area contributed by atoms with Gasteiger partial charge in [-0.05, 0) is 0 Å². The van der Waals surface area contributed by atoms with E-state index in [4.69, 9.17) is 18.2 Å². The summed E-state index contributed by atoms with van der Waals surface area (Å²) < 4.78 is 11.8. The Hall–Kier alpha value is -0.990. The first kappa shape index (κ1) is 7.01. The van der Waals surface area contributed by atoms with Crippen LogP contribution in [0.25, 0.3) is 4.85 Å². The molecule has 0 aliphatic heterocycles. The van der Waals surface area contributed by atoms with Crippen LogP contribution in [0.15, 0.2) is 11.0 Å². The predicted molar refractivity (Wildman–Crippen MR) is 29.4 cm³/mol. The van der Waals surface area contributed by atoms with Crippen molar-refractivity contribution in [2.24, 2.45) is 0 Å². The maximum absolute atomic E-state index is 11.8. The average molecular weight is 130 g/mol. The highest BCUT2D eigenvalue weighted by atomic mass is 35.5. The van der Waals surface area contributed by atoms with Crippen molar-refractivity contribution < 1.29 is 4.39 Å². The van der Waals surface area contributed by atoms with Gasteiger partial charge < -0.3 is 0 Å². The molecular formula is C5HClFN. The molecule has 0 unspecified atom stereocenters. The number of nitrogens with zero attached hydrogens (tertiary/aromatic N) is 1. The quantitative estimate of drug-likeness (QED) is 0.267. The van der Waals surface area contributed by atoms with E-state index in [-0.39, 0.29) is 0 Å². The van der Waals surface area contributed by atoms with E-state index in [0.717, 1.165) is 0 Å². The predicted octanol–water partition coefficient (Wildman–Crippen LogP) is 1.92. The summed E-state index contributed by atoms with van der Waals surface area (Å²) in [6.45, 7) is 6.14. The maximum atomic E-state index is 11.8. The van der Waals surface area contributed by atoms with E-state index in [2.05, 4.69) is 11.3 Å². The standard InChI is InChI=1S/C5HClFN/c1-3-4(7)5(6)8-2/h1H/b5-4-. The topological polar surface area (TPSA) is 4.36 Å². The van der Waals surface area contributed by atoms with Crippen LogP contribution in [0.3, 0.4) is 0 Å².